The van der Waals surface area contributed by atoms with Gasteiger partial charge in [-0.25, -0.2) is 4.79 Å². The van der Waals surface area contributed by atoms with Gasteiger partial charge in [0, 0.05) is 17.6 Å². The summed E-state index contributed by atoms with van der Waals surface area (Å²) in [6, 6.07) is 11.1. The van der Waals surface area contributed by atoms with Crippen LogP contribution in [0.3, 0.4) is 0 Å². The molecule has 5 nitrogen and oxygen atoms in total. The Hall–Kier alpha value is -2.18. The minimum absolute atomic E-state index is 0.139. The van der Waals surface area contributed by atoms with E-state index in [4.69, 9.17) is 4.74 Å². The fourth-order valence-corrected chi connectivity index (χ4v) is 4.95. The highest BCUT2D eigenvalue weighted by Gasteiger charge is 2.33. The highest BCUT2D eigenvalue weighted by Crippen LogP contribution is 2.31. The van der Waals surface area contributed by atoms with Crippen molar-refractivity contribution in [1.82, 2.24) is 4.90 Å². The fourth-order valence-electron chi connectivity index (χ4n) is 4.33. The van der Waals surface area contributed by atoms with Crippen LogP contribution in [0.25, 0.3) is 0 Å². The number of carbonyl (C=O) groups is 2. The van der Waals surface area contributed by atoms with Crippen molar-refractivity contribution in [1.29, 1.82) is 0 Å². The number of nitrogens with one attached hydrogen (secondary N) is 1. The summed E-state index contributed by atoms with van der Waals surface area (Å²) in [4.78, 5) is 27.8. The molecule has 148 valence electrons. The number of thiophene rings is 1. The van der Waals surface area contributed by atoms with Crippen molar-refractivity contribution < 1.29 is 14.3 Å². The Morgan fingerprint density at radius 1 is 1.07 bits per heavy atom. The molecule has 6 heteroatoms. The maximum atomic E-state index is 12.4. The van der Waals surface area contributed by atoms with E-state index in [9.17, 15) is 9.59 Å². The molecule has 0 saturated carbocycles. The van der Waals surface area contributed by atoms with Gasteiger partial charge in [-0.2, -0.15) is 0 Å². The van der Waals surface area contributed by atoms with Gasteiger partial charge in [0.15, 0.2) is 0 Å². The number of benzene rings is 1. The van der Waals surface area contributed by atoms with Gasteiger partial charge in [-0.15, -0.1) is 11.3 Å². The second kappa shape index (κ2) is 8.88. The van der Waals surface area contributed by atoms with E-state index >= 15 is 0 Å². The van der Waals surface area contributed by atoms with E-state index in [0.717, 1.165) is 6.42 Å². The molecule has 0 radical (unpaired) electrons. The molecule has 0 aliphatic carbocycles. The molecule has 1 aromatic heterocycles. The topological polar surface area (TPSA) is 58.6 Å². The van der Waals surface area contributed by atoms with E-state index in [1.807, 2.05) is 11.4 Å². The molecule has 2 aliphatic heterocycles. The van der Waals surface area contributed by atoms with Crippen molar-refractivity contribution in [3.8, 4) is 0 Å². The van der Waals surface area contributed by atoms with Crippen molar-refractivity contribution in [3.63, 3.8) is 0 Å². The third-order valence-electron chi connectivity index (χ3n) is 5.78. The van der Waals surface area contributed by atoms with Crippen LogP contribution in [-0.2, 0) is 4.74 Å². The van der Waals surface area contributed by atoms with Crippen molar-refractivity contribution in [2.24, 2.45) is 5.92 Å². The number of esters is 1. The van der Waals surface area contributed by atoms with Gasteiger partial charge >= 0.3 is 5.97 Å². The largest absolute Gasteiger partial charge is 0.462 e. The molecule has 3 heterocycles. The van der Waals surface area contributed by atoms with E-state index in [1.165, 1.54) is 50.1 Å². The number of amides is 1. The van der Waals surface area contributed by atoms with Gasteiger partial charge in [0.05, 0.1) is 17.0 Å². The maximum absolute atomic E-state index is 12.4. The molecule has 2 saturated heterocycles. The van der Waals surface area contributed by atoms with Gasteiger partial charge in [-0.3, -0.25) is 9.69 Å². The molecular formula is C22H26N2O3S. The normalized spacial score (nSPS) is 22.3. The van der Waals surface area contributed by atoms with Crippen molar-refractivity contribution in [3.05, 3.63) is 52.2 Å². The summed E-state index contributed by atoms with van der Waals surface area (Å²) in [5, 5.41) is 4.71. The number of nitrogens with zero attached hydrogens (tertiary/aromatic N) is 1. The monoisotopic (exact) mass is 398 g/mol. The first-order valence-electron chi connectivity index (χ1n) is 10.1. The van der Waals surface area contributed by atoms with Gasteiger partial charge in [-0.1, -0.05) is 12.5 Å². The van der Waals surface area contributed by atoms with Crippen LogP contribution >= 0.6 is 11.3 Å². The van der Waals surface area contributed by atoms with Crippen molar-refractivity contribution in [2.75, 3.05) is 25.0 Å². The molecular weight excluding hydrogens is 372 g/mol. The third-order valence-corrected chi connectivity index (χ3v) is 6.65. The molecule has 1 N–H and O–H groups in total. The average Bonchev–Trinajstić information content (AvgIpc) is 3.27. The van der Waals surface area contributed by atoms with Crippen LogP contribution in [0.1, 0.15) is 52.1 Å². The van der Waals surface area contributed by atoms with Crippen molar-refractivity contribution >= 4 is 28.9 Å². The number of carbonyl (C=O) groups excluding carboxylic acids is 2. The van der Waals surface area contributed by atoms with Crippen LogP contribution in [-0.4, -0.2) is 42.5 Å². The minimum Gasteiger partial charge on any atom is -0.462 e. The Morgan fingerprint density at radius 3 is 2.68 bits per heavy atom. The number of anilines is 1. The Bertz CT molecular complexity index is 802. The Kier molecular flexibility index (Phi) is 6.07. The molecule has 2 aliphatic rings. The first kappa shape index (κ1) is 19.2. The summed E-state index contributed by atoms with van der Waals surface area (Å²) < 4.78 is 5.65. The van der Waals surface area contributed by atoms with E-state index < -0.39 is 0 Å². The zero-order valence-electron chi connectivity index (χ0n) is 15.9. The lowest BCUT2D eigenvalue weighted by Gasteiger charge is -2.44. The number of ether oxygens (including phenoxy) is 1. The number of fused-ring (bicyclic) bond motifs is 1. The standard InChI is InChI=1S/C22H26N2O3S/c25-21(20-7-4-14-28-20)23-18-10-8-16(9-11-18)22(26)27-15-17-5-3-13-24-12-2-1-6-19(17)24/h4,7-11,14,17,19H,1-3,5-6,12-13,15H2,(H,23,25)/t17-,19+/m0/s1. The second-order valence-electron chi connectivity index (χ2n) is 7.61. The molecule has 28 heavy (non-hydrogen) atoms. The zero-order chi connectivity index (χ0) is 19.3. The van der Waals surface area contributed by atoms with Gasteiger partial charge in [0.25, 0.3) is 5.91 Å². The van der Waals surface area contributed by atoms with Crippen LogP contribution < -0.4 is 5.32 Å². The number of hydrogen-bond acceptors (Lipinski definition) is 5. The van der Waals surface area contributed by atoms with Gasteiger partial charge in [-0.05, 0) is 74.5 Å². The van der Waals surface area contributed by atoms with Crippen LogP contribution in [0.4, 0.5) is 5.69 Å². The second-order valence-corrected chi connectivity index (χ2v) is 8.56. The van der Waals surface area contributed by atoms with Gasteiger partial charge < -0.3 is 10.1 Å². The third kappa shape index (κ3) is 4.45. The quantitative estimate of drug-likeness (QED) is 0.758. The average molecular weight is 399 g/mol. The van der Waals surface area contributed by atoms with E-state index in [0.29, 0.717) is 34.7 Å². The smallest absolute Gasteiger partial charge is 0.338 e. The lowest BCUT2D eigenvalue weighted by molar-refractivity contribution is 0.00739. The first-order valence-corrected chi connectivity index (χ1v) is 10.9. The lowest BCUT2D eigenvalue weighted by atomic mass is 9.84. The molecule has 2 aromatic rings. The number of rotatable bonds is 5. The molecule has 1 aromatic carbocycles. The summed E-state index contributed by atoms with van der Waals surface area (Å²) in [5.74, 6) is 0.0195. The molecule has 0 spiro atoms. The van der Waals surface area contributed by atoms with Gasteiger partial charge in [0.1, 0.15) is 0 Å². The zero-order valence-corrected chi connectivity index (χ0v) is 16.7. The summed E-state index contributed by atoms with van der Waals surface area (Å²) in [5.41, 5.74) is 1.19. The van der Waals surface area contributed by atoms with Crippen LogP contribution in [0.2, 0.25) is 0 Å². The molecule has 0 unspecified atom stereocenters. The summed E-state index contributed by atoms with van der Waals surface area (Å²) in [6.07, 6.45) is 6.13. The summed E-state index contributed by atoms with van der Waals surface area (Å²) in [7, 11) is 0. The predicted octanol–water partition coefficient (Wildman–Crippen LogP) is 4.42. The molecule has 2 atom stereocenters. The van der Waals surface area contributed by atoms with Crippen molar-refractivity contribution in [2.45, 2.75) is 38.1 Å². The maximum Gasteiger partial charge on any atom is 0.338 e. The molecule has 1 amide bonds. The van der Waals surface area contributed by atoms with Crippen LogP contribution in [0.15, 0.2) is 41.8 Å². The fraction of sp³-hybridized carbons (Fsp3) is 0.455. The van der Waals surface area contributed by atoms with E-state index in [1.54, 1.807) is 30.3 Å². The lowest BCUT2D eigenvalue weighted by Crippen LogP contribution is -2.49. The molecule has 2 fully saturated rings. The van der Waals surface area contributed by atoms with Crippen LogP contribution in [0, 0.1) is 5.92 Å². The molecule has 0 bridgehead atoms. The SMILES string of the molecule is O=C(OC[C@@H]1CCCN2CCCC[C@H]12)c1ccc(NC(=O)c2cccs2)cc1. The molecule has 4 rings (SSSR count). The van der Waals surface area contributed by atoms with E-state index in [-0.39, 0.29) is 11.9 Å². The van der Waals surface area contributed by atoms with E-state index in [2.05, 4.69) is 10.2 Å². The minimum atomic E-state index is -0.288. The Labute approximate surface area is 169 Å². The highest BCUT2D eigenvalue weighted by atomic mass is 32.1. The summed E-state index contributed by atoms with van der Waals surface area (Å²) in [6.45, 7) is 2.87. The number of piperidine rings is 2. The van der Waals surface area contributed by atoms with Crippen LogP contribution in [0.5, 0.6) is 0 Å². The van der Waals surface area contributed by atoms with Gasteiger partial charge in [0.2, 0.25) is 0 Å². The number of hydrogen-bond donors (Lipinski definition) is 1. The Morgan fingerprint density at radius 2 is 1.89 bits per heavy atom. The first-order chi connectivity index (χ1) is 13.7. The Balaban J connectivity index is 1.30. The highest BCUT2D eigenvalue weighted by molar-refractivity contribution is 7.12. The summed E-state index contributed by atoms with van der Waals surface area (Å²) >= 11 is 1.40. The predicted molar refractivity (Wildman–Crippen MR) is 111 cm³/mol.